The standard InChI is InChI=1S/C12H6ClNOS3/c13-10-6-3-1-2-4-7(6)17-8(10)5-9-11(15)14-12(16)18-9/h1-5H,(H,14,15,16)/b9-5-. The van der Waals surface area contributed by atoms with Gasteiger partial charge in [0.05, 0.1) is 9.93 Å². The van der Waals surface area contributed by atoms with Gasteiger partial charge in [-0.2, -0.15) is 0 Å². The average molecular weight is 312 g/mol. The predicted molar refractivity (Wildman–Crippen MR) is 83.1 cm³/mol. The summed E-state index contributed by atoms with van der Waals surface area (Å²) in [6, 6.07) is 7.91. The summed E-state index contributed by atoms with van der Waals surface area (Å²) in [4.78, 5) is 13.1. The third kappa shape index (κ3) is 2.07. The van der Waals surface area contributed by atoms with Gasteiger partial charge in [0.25, 0.3) is 5.91 Å². The molecule has 1 N–H and O–H groups in total. The Morgan fingerprint density at radius 2 is 2.11 bits per heavy atom. The first kappa shape index (κ1) is 12.2. The van der Waals surface area contributed by atoms with Crippen molar-refractivity contribution in [2.45, 2.75) is 0 Å². The van der Waals surface area contributed by atoms with Crippen LogP contribution in [0.1, 0.15) is 4.88 Å². The summed E-state index contributed by atoms with van der Waals surface area (Å²) in [5.74, 6) is -0.154. The third-order valence-electron chi connectivity index (χ3n) is 2.46. The van der Waals surface area contributed by atoms with Gasteiger partial charge < -0.3 is 5.32 Å². The van der Waals surface area contributed by atoms with Crippen LogP contribution in [0.15, 0.2) is 29.2 Å². The number of carbonyl (C=O) groups is 1. The molecule has 0 atom stereocenters. The molecule has 1 aromatic heterocycles. The Hall–Kier alpha value is -0.880. The Morgan fingerprint density at radius 1 is 1.33 bits per heavy atom. The Bertz CT molecular complexity index is 704. The van der Waals surface area contributed by atoms with E-state index in [1.807, 2.05) is 24.3 Å². The lowest BCUT2D eigenvalue weighted by atomic mass is 10.2. The highest BCUT2D eigenvalue weighted by Crippen LogP contribution is 2.38. The van der Waals surface area contributed by atoms with Crippen LogP contribution in [0.2, 0.25) is 5.02 Å². The number of thioether (sulfide) groups is 1. The maximum atomic E-state index is 11.6. The predicted octanol–water partition coefficient (Wildman–Crippen LogP) is 4.04. The van der Waals surface area contributed by atoms with Crippen LogP contribution in [0.25, 0.3) is 16.2 Å². The van der Waals surface area contributed by atoms with E-state index in [-0.39, 0.29) is 5.91 Å². The molecule has 0 unspecified atom stereocenters. The maximum absolute atomic E-state index is 11.6. The molecular formula is C12H6ClNOS3. The number of fused-ring (bicyclic) bond motifs is 1. The van der Waals surface area contributed by atoms with E-state index in [2.05, 4.69) is 5.32 Å². The summed E-state index contributed by atoms with van der Waals surface area (Å²) in [7, 11) is 0. The fraction of sp³-hybridized carbons (Fsp3) is 0. The minimum atomic E-state index is -0.154. The smallest absolute Gasteiger partial charge is 0.263 e. The molecule has 0 saturated carbocycles. The highest BCUT2D eigenvalue weighted by atomic mass is 35.5. The molecule has 1 aliphatic rings. The molecule has 1 aromatic carbocycles. The molecule has 0 bridgehead atoms. The van der Waals surface area contributed by atoms with E-state index in [9.17, 15) is 4.79 Å². The summed E-state index contributed by atoms with van der Waals surface area (Å²) < 4.78 is 1.60. The average Bonchev–Trinajstić information content (AvgIpc) is 2.82. The zero-order valence-corrected chi connectivity index (χ0v) is 12.1. The Morgan fingerprint density at radius 3 is 2.78 bits per heavy atom. The van der Waals surface area contributed by atoms with E-state index in [1.54, 1.807) is 17.4 Å². The largest absolute Gasteiger partial charge is 0.307 e. The van der Waals surface area contributed by atoms with E-state index in [4.69, 9.17) is 23.8 Å². The minimum absolute atomic E-state index is 0.154. The van der Waals surface area contributed by atoms with Crippen LogP contribution in [0, 0.1) is 0 Å². The molecule has 18 heavy (non-hydrogen) atoms. The molecule has 1 saturated heterocycles. The van der Waals surface area contributed by atoms with Gasteiger partial charge in [0.15, 0.2) is 0 Å². The zero-order chi connectivity index (χ0) is 12.7. The van der Waals surface area contributed by atoms with Crippen LogP contribution >= 0.6 is 46.9 Å². The number of thiocarbonyl (C=S) groups is 1. The summed E-state index contributed by atoms with van der Waals surface area (Å²) >= 11 is 14.1. The molecule has 1 amide bonds. The molecule has 2 nitrogen and oxygen atoms in total. The lowest BCUT2D eigenvalue weighted by Gasteiger charge is -1.91. The van der Waals surface area contributed by atoms with Crippen LogP contribution in [-0.4, -0.2) is 10.2 Å². The number of thiophene rings is 1. The Balaban J connectivity index is 2.10. The van der Waals surface area contributed by atoms with Crippen molar-refractivity contribution >= 4 is 73.3 Å². The van der Waals surface area contributed by atoms with Crippen LogP contribution in [0.5, 0.6) is 0 Å². The van der Waals surface area contributed by atoms with E-state index in [0.29, 0.717) is 14.2 Å². The van der Waals surface area contributed by atoms with Crippen molar-refractivity contribution in [3.63, 3.8) is 0 Å². The SMILES string of the molecule is O=C1NC(=S)S/C1=C\c1sc2ccccc2c1Cl. The number of hydrogen-bond acceptors (Lipinski definition) is 4. The van der Waals surface area contributed by atoms with Crippen LogP contribution in [-0.2, 0) is 4.79 Å². The monoisotopic (exact) mass is 311 g/mol. The van der Waals surface area contributed by atoms with Crippen molar-refractivity contribution in [2.24, 2.45) is 0 Å². The fourth-order valence-corrected chi connectivity index (χ4v) is 4.20. The molecule has 0 aliphatic carbocycles. The quantitative estimate of drug-likeness (QED) is 0.636. The van der Waals surface area contributed by atoms with Crippen molar-refractivity contribution < 1.29 is 4.79 Å². The number of amides is 1. The topological polar surface area (TPSA) is 29.1 Å². The molecule has 0 radical (unpaired) electrons. The highest BCUT2D eigenvalue weighted by Gasteiger charge is 2.23. The van der Waals surface area contributed by atoms with Crippen molar-refractivity contribution in [1.82, 2.24) is 5.32 Å². The maximum Gasteiger partial charge on any atom is 0.263 e. The Kier molecular flexibility index (Phi) is 3.15. The molecule has 1 aliphatic heterocycles. The van der Waals surface area contributed by atoms with Gasteiger partial charge in [0.1, 0.15) is 4.32 Å². The number of benzene rings is 1. The van der Waals surface area contributed by atoms with Gasteiger partial charge in [-0.05, 0) is 12.1 Å². The van der Waals surface area contributed by atoms with Crippen molar-refractivity contribution in [3.05, 3.63) is 39.1 Å². The first-order valence-corrected chi connectivity index (χ1v) is 7.49. The number of hydrogen-bond donors (Lipinski definition) is 1. The van der Waals surface area contributed by atoms with E-state index in [1.165, 1.54) is 11.8 Å². The highest BCUT2D eigenvalue weighted by molar-refractivity contribution is 8.26. The first-order chi connectivity index (χ1) is 8.65. The van der Waals surface area contributed by atoms with Gasteiger partial charge in [-0.1, -0.05) is 53.8 Å². The van der Waals surface area contributed by atoms with Crippen molar-refractivity contribution in [2.75, 3.05) is 0 Å². The molecule has 0 spiro atoms. The third-order valence-corrected chi connectivity index (χ3v) is 5.26. The molecular weight excluding hydrogens is 306 g/mol. The lowest BCUT2D eigenvalue weighted by molar-refractivity contribution is -0.115. The summed E-state index contributed by atoms with van der Waals surface area (Å²) in [5.41, 5.74) is 0. The van der Waals surface area contributed by atoms with E-state index in [0.717, 1.165) is 15.0 Å². The summed E-state index contributed by atoms with van der Waals surface area (Å²) in [6.07, 6.45) is 1.80. The zero-order valence-electron chi connectivity index (χ0n) is 8.90. The second kappa shape index (κ2) is 4.66. The molecule has 90 valence electrons. The summed E-state index contributed by atoms with van der Waals surface area (Å²) in [5, 5.41) is 4.29. The second-order valence-corrected chi connectivity index (χ2v) is 6.81. The van der Waals surface area contributed by atoms with E-state index >= 15 is 0 Å². The second-order valence-electron chi connectivity index (χ2n) is 3.63. The number of carbonyl (C=O) groups excluding carboxylic acids is 1. The van der Waals surface area contributed by atoms with Crippen LogP contribution < -0.4 is 5.32 Å². The van der Waals surface area contributed by atoms with Gasteiger partial charge in [-0.15, -0.1) is 11.3 Å². The lowest BCUT2D eigenvalue weighted by Crippen LogP contribution is -2.17. The number of nitrogens with one attached hydrogen (secondary N) is 1. The molecule has 6 heteroatoms. The molecule has 3 rings (SSSR count). The normalized spacial score (nSPS) is 17.7. The van der Waals surface area contributed by atoms with Crippen molar-refractivity contribution in [1.29, 1.82) is 0 Å². The number of halogens is 1. The molecule has 2 heterocycles. The van der Waals surface area contributed by atoms with E-state index < -0.39 is 0 Å². The molecule has 1 fully saturated rings. The van der Waals surface area contributed by atoms with Gasteiger partial charge in [-0.3, -0.25) is 4.79 Å². The fourth-order valence-electron chi connectivity index (χ4n) is 1.67. The first-order valence-electron chi connectivity index (χ1n) is 5.07. The number of rotatable bonds is 1. The van der Waals surface area contributed by atoms with Crippen LogP contribution in [0.3, 0.4) is 0 Å². The minimum Gasteiger partial charge on any atom is -0.307 e. The van der Waals surface area contributed by atoms with Crippen LogP contribution in [0.4, 0.5) is 0 Å². The Labute approximate surface area is 122 Å². The summed E-state index contributed by atoms with van der Waals surface area (Å²) in [6.45, 7) is 0. The van der Waals surface area contributed by atoms with Gasteiger partial charge in [0, 0.05) is 15.0 Å². The van der Waals surface area contributed by atoms with Gasteiger partial charge in [-0.25, -0.2) is 0 Å². The van der Waals surface area contributed by atoms with Crippen molar-refractivity contribution in [3.8, 4) is 0 Å². The molecule has 2 aromatic rings. The van der Waals surface area contributed by atoms with Gasteiger partial charge >= 0.3 is 0 Å². The van der Waals surface area contributed by atoms with Gasteiger partial charge in [0.2, 0.25) is 0 Å².